The van der Waals surface area contributed by atoms with Crippen molar-refractivity contribution in [1.29, 1.82) is 0 Å². The minimum Gasteiger partial charge on any atom is -0.495 e. The van der Waals surface area contributed by atoms with Crippen molar-refractivity contribution in [3.05, 3.63) is 41.1 Å². The first kappa shape index (κ1) is 22.1. The fourth-order valence-electron chi connectivity index (χ4n) is 2.93. The average Bonchev–Trinajstić information content (AvgIpc) is 3.05. The molecule has 0 radical (unpaired) electrons. The van der Waals surface area contributed by atoms with Gasteiger partial charge in [-0.1, -0.05) is 11.6 Å². The number of hydrogen-bond acceptors (Lipinski definition) is 4. The molecule has 0 atom stereocenters. The highest BCUT2D eigenvalue weighted by Crippen LogP contribution is 2.31. The molecule has 140 valence electrons. The van der Waals surface area contributed by atoms with Gasteiger partial charge in [-0.25, -0.2) is 0 Å². The van der Waals surface area contributed by atoms with Crippen LogP contribution in [0.2, 0.25) is 5.02 Å². The van der Waals surface area contributed by atoms with Crippen LogP contribution in [0.4, 0.5) is 0 Å². The molecule has 0 saturated carbocycles. The zero-order valence-electron chi connectivity index (χ0n) is 14.2. The number of benzene rings is 1. The third kappa shape index (κ3) is 6.08. The lowest BCUT2D eigenvalue weighted by Gasteiger charge is -2.22. The first-order valence-electron chi connectivity index (χ1n) is 8.10. The molecule has 0 aliphatic carbocycles. The van der Waals surface area contributed by atoms with Gasteiger partial charge in [0, 0.05) is 5.56 Å². The van der Waals surface area contributed by atoms with Crippen molar-refractivity contribution in [2.45, 2.75) is 19.4 Å². The Morgan fingerprint density at radius 1 is 1.20 bits per heavy atom. The van der Waals surface area contributed by atoms with Crippen molar-refractivity contribution >= 4 is 36.4 Å². The molecule has 0 unspecified atom stereocenters. The van der Waals surface area contributed by atoms with E-state index in [1.807, 2.05) is 30.3 Å². The Kier molecular flexibility index (Phi) is 9.69. The molecule has 2 N–H and O–H groups in total. The van der Waals surface area contributed by atoms with Crippen LogP contribution in [0.3, 0.4) is 0 Å². The molecule has 1 aromatic carbocycles. The molecular weight excluding hydrogens is 383 g/mol. The molecular formula is C18H25Cl3N2O2. The van der Waals surface area contributed by atoms with Crippen LogP contribution in [0.1, 0.15) is 18.6 Å². The second kappa shape index (κ2) is 10.9. The highest BCUT2D eigenvalue weighted by Gasteiger charge is 2.13. The van der Waals surface area contributed by atoms with E-state index >= 15 is 0 Å². The van der Waals surface area contributed by atoms with Crippen molar-refractivity contribution < 1.29 is 9.15 Å². The fourth-order valence-corrected chi connectivity index (χ4v) is 3.19. The first-order chi connectivity index (χ1) is 11.3. The summed E-state index contributed by atoms with van der Waals surface area (Å²) in [5.41, 5.74) is 0.959. The predicted octanol–water partition coefficient (Wildman–Crippen LogP) is 4.54. The van der Waals surface area contributed by atoms with Gasteiger partial charge in [0.2, 0.25) is 0 Å². The van der Waals surface area contributed by atoms with E-state index < -0.39 is 0 Å². The van der Waals surface area contributed by atoms with Gasteiger partial charge in [0.15, 0.2) is 0 Å². The van der Waals surface area contributed by atoms with Crippen LogP contribution in [0.5, 0.6) is 5.75 Å². The molecule has 1 aromatic heterocycles. The van der Waals surface area contributed by atoms with E-state index in [-0.39, 0.29) is 24.8 Å². The van der Waals surface area contributed by atoms with E-state index in [9.17, 15) is 0 Å². The van der Waals surface area contributed by atoms with E-state index in [1.165, 1.54) is 12.8 Å². The summed E-state index contributed by atoms with van der Waals surface area (Å²) in [6.07, 6.45) is 2.50. The molecule has 4 nitrogen and oxygen atoms in total. The SMILES string of the molecule is COc1ccc(-c2ccc(CNCC3CCNCC3)o2)cc1Cl.Cl.Cl. The van der Waals surface area contributed by atoms with Crippen LogP contribution >= 0.6 is 36.4 Å². The van der Waals surface area contributed by atoms with Gasteiger partial charge in [-0.3, -0.25) is 0 Å². The van der Waals surface area contributed by atoms with Crippen LogP contribution in [0, 0.1) is 5.92 Å². The number of nitrogens with one attached hydrogen (secondary N) is 2. The van der Waals surface area contributed by atoms with Crippen LogP contribution in [-0.4, -0.2) is 26.7 Å². The van der Waals surface area contributed by atoms with Gasteiger partial charge in [0.05, 0.1) is 18.7 Å². The number of furan rings is 1. The fraction of sp³-hybridized carbons (Fsp3) is 0.444. The van der Waals surface area contributed by atoms with Crippen LogP contribution < -0.4 is 15.4 Å². The monoisotopic (exact) mass is 406 g/mol. The third-order valence-corrected chi connectivity index (χ3v) is 4.58. The summed E-state index contributed by atoms with van der Waals surface area (Å²) in [7, 11) is 1.61. The second-order valence-electron chi connectivity index (χ2n) is 5.94. The molecule has 1 aliphatic heterocycles. The molecule has 1 saturated heterocycles. The van der Waals surface area contributed by atoms with Crippen molar-refractivity contribution in [1.82, 2.24) is 10.6 Å². The summed E-state index contributed by atoms with van der Waals surface area (Å²) in [6, 6.07) is 9.68. The quantitative estimate of drug-likeness (QED) is 0.738. The summed E-state index contributed by atoms with van der Waals surface area (Å²) in [6.45, 7) is 4.07. The summed E-state index contributed by atoms with van der Waals surface area (Å²) >= 11 is 6.17. The average molecular weight is 408 g/mol. The van der Waals surface area contributed by atoms with Crippen molar-refractivity contribution in [3.63, 3.8) is 0 Å². The summed E-state index contributed by atoms with van der Waals surface area (Å²) in [5.74, 6) is 3.21. The van der Waals surface area contributed by atoms with Crippen molar-refractivity contribution in [3.8, 4) is 17.1 Å². The van der Waals surface area contributed by atoms with Crippen LogP contribution in [0.15, 0.2) is 34.7 Å². The first-order valence-corrected chi connectivity index (χ1v) is 8.48. The van der Waals surface area contributed by atoms with Crippen molar-refractivity contribution in [2.24, 2.45) is 5.92 Å². The van der Waals surface area contributed by atoms with Gasteiger partial charge in [-0.15, -0.1) is 24.8 Å². The van der Waals surface area contributed by atoms with Gasteiger partial charge in [-0.2, -0.15) is 0 Å². The Labute approximate surface area is 166 Å². The smallest absolute Gasteiger partial charge is 0.137 e. The second-order valence-corrected chi connectivity index (χ2v) is 6.35. The molecule has 2 aromatic rings. The molecule has 3 rings (SSSR count). The maximum absolute atomic E-state index is 6.17. The lowest BCUT2D eigenvalue weighted by atomic mass is 9.98. The lowest BCUT2D eigenvalue weighted by molar-refractivity contribution is 0.350. The Morgan fingerprint density at radius 3 is 2.64 bits per heavy atom. The zero-order valence-corrected chi connectivity index (χ0v) is 16.6. The van der Waals surface area contributed by atoms with Gasteiger partial charge in [0.25, 0.3) is 0 Å². The molecule has 7 heteroatoms. The molecule has 2 heterocycles. The van der Waals surface area contributed by atoms with E-state index in [1.54, 1.807) is 7.11 Å². The number of ether oxygens (including phenoxy) is 1. The van der Waals surface area contributed by atoms with Gasteiger partial charge >= 0.3 is 0 Å². The summed E-state index contributed by atoms with van der Waals surface area (Å²) in [4.78, 5) is 0. The van der Waals surface area contributed by atoms with Gasteiger partial charge in [-0.05, 0) is 68.7 Å². The molecule has 1 aliphatic rings. The number of piperidine rings is 1. The zero-order chi connectivity index (χ0) is 16.1. The van der Waals surface area contributed by atoms with E-state index in [0.29, 0.717) is 10.8 Å². The number of methoxy groups -OCH3 is 1. The minimum atomic E-state index is 0. The number of halogens is 3. The van der Waals surface area contributed by atoms with Crippen molar-refractivity contribution in [2.75, 3.05) is 26.7 Å². The molecule has 0 bridgehead atoms. The highest BCUT2D eigenvalue weighted by atomic mass is 35.5. The Morgan fingerprint density at radius 2 is 1.96 bits per heavy atom. The van der Waals surface area contributed by atoms with Crippen LogP contribution in [-0.2, 0) is 6.54 Å². The summed E-state index contributed by atoms with van der Waals surface area (Å²) < 4.78 is 11.1. The standard InChI is InChI=1S/C18H23ClN2O2.2ClH/c1-22-18-4-2-14(10-16(18)19)17-5-3-15(23-17)12-21-11-13-6-8-20-9-7-13;;/h2-5,10,13,20-21H,6-9,11-12H2,1H3;2*1H. The molecule has 0 spiro atoms. The van der Waals surface area contributed by atoms with E-state index in [0.717, 1.165) is 49.2 Å². The summed E-state index contributed by atoms with van der Waals surface area (Å²) in [5, 5.41) is 7.48. The number of rotatable bonds is 6. The number of hydrogen-bond donors (Lipinski definition) is 2. The molecule has 0 amide bonds. The maximum atomic E-state index is 6.17. The predicted molar refractivity (Wildman–Crippen MR) is 108 cm³/mol. The highest BCUT2D eigenvalue weighted by molar-refractivity contribution is 6.32. The Bertz CT molecular complexity index is 643. The van der Waals surface area contributed by atoms with Gasteiger partial charge < -0.3 is 19.8 Å². The molecule has 25 heavy (non-hydrogen) atoms. The van der Waals surface area contributed by atoms with Crippen LogP contribution in [0.25, 0.3) is 11.3 Å². The van der Waals surface area contributed by atoms with E-state index in [2.05, 4.69) is 10.6 Å². The third-order valence-electron chi connectivity index (χ3n) is 4.29. The largest absolute Gasteiger partial charge is 0.495 e. The lowest BCUT2D eigenvalue weighted by Crippen LogP contribution is -2.33. The van der Waals surface area contributed by atoms with Gasteiger partial charge in [0.1, 0.15) is 17.3 Å². The van der Waals surface area contributed by atoms with E-state index in [4.69, 9.17) is 20.8 Å². The maximum Gasteiger partial charge on any atom is 0.137 e. The minimum absolute atomic E-state index is 0. The normalized spacial score (nSPS) is 14.5. The Balaban J connectivity index is 0.00000156. The molecule has 1 fully saturated rings. The topological polar surface area (TPSA) is 46.4 Å². The Hall–Kier alpha value is -0.910.